The van der Waals surface area contributed by atoms with Crippen LogP contribution in [0.3, 0.4) is 0 Å². The second kappa shape index (κ2) is 7.95. The predicted octanol–water partition coefficient (Wildman–Crippen LogP) is 2.01. The van der Waals surface area contributed by atoms with Gasteiger partial charge >= 0.3 is 0 Å². The van der Waals surface area contributed by atoms with Crippen LogP contribution in [-0.2, 0) is 9.47 Å². The number of halogens is 1. The fourth-order valence-electron chi connectivity index (χ4n) is 2.14. The summed E-state index contributed by atoms with van der Waals surface area (Å²) < 4.78 is 25.5. The number of nitrogens with zero attached hydrogens (tertiary/aromatic N) is 1. The number of methoxy groups -OCH3 is 1. The summed E-state index contributed by atoms with van der Waals surface area (Å²) in [5, 5.41) is 0. The molecule has 0 aliphatic carbocycles. The van der Waals surface area contributed by atoms with E-state index in [1.165, 1.54) is 0 Å². The van der Waals surface area contributed by atoms with Crippen LogP contribution in [0.15, 0.2) is 29.2 Å². The molecule has 0 bridgehead atoms. The normalized spacial score (nSPS) is 19.8. The molecule has 20 heavy (non-hydrogen) atoms. The third-order valence-corrected chi connectivity index (χ3v) is 4.34. The molecule has 1 heterocycles. The van der Waals surface area contributed by atoms with Crippen LogP contribution in [-0.4, -0.2) is 50.4 Å². The summed E-state index contributed by atoms with van der Waals surface area (Å²) in [6.45, 7) is 2.83. The van der Waals surface area contributed by atoms with E-state index in [1.807, 2.05) is 24.3 Å². The van der Waals surface area contributed by atoms with Crippen LogP contribution in [0.5, 0.6) is 0 Å². The maximum Gasteiger partial charge on any atom is 0.107 e. The molecule has 2 N–H and O–H groups in total. The van der Waals surface area contributed by atoms with Crippen molar-refractivity contribution in [1.29, 1.82) is 0 Å². The van der Waals surface area contributed by atoms with Gasteiger partial charge in [-0.3, -0.25) is 0 Å². The Morgan fingerprint density at radius 2 is 2.00 bits per heavy atom. The van der Waals surface area contributed by atoms with E-state index in [4.69, 9.17) is 15.2 Å². The summed E-state index contributed by atoms with van der Waals surface area (Å²) in [6, 6.07) is 7.32. The Balaban J connectivity index is 1.97. The Kier molecular flexibility index (Phi) is 6.25. The molecule has 1 fully saturated rings. The lowest BCUT2D eigenvalue weighted by Crippen LogP contribution is -2.31. The van der Waals surface area contributed by atoms with Crippen molar-refractivity contribution in [1.82, 2.24) is 4.31 Å². The molecule has 0 radical (unpaired) electrons. The molecule has 1 aromatic rings. The molecule has 0 amide bonds. The number of ether oxygens (including phenoxy) is 2. The largest absolute Gasteiger partial charge is 0.379 e. The van der Waals surface area contributed by atoms with Crippen LogP contribution in [0, 0.1) is 0 Å². The predicted molar refractivity (Wildman–Crippen MR) is 78.4 cm³/mol. The summed E-state index contributed by atoms with van der Waals surface area (Å²) in [5.74, 6) is 0. The summed E-state index contributed by atoms with van der Waals surface area (Å²) in [6.07, 6.45) is -0.401. The highest BCUT2D eigenvalue weighted by atomic mass is 32.2. The van der Waals surface area contributed by atoms with Gasteiger partial charge in [-0.25, -0.2) is 8.70 Å². The maximum atomic E-state index is 12.7. The Bertz CT molecular complexity index is 399. The van der Waals surface area contributed by atoms with Crippen molar-refractivity contribution in [2.75, 3.05) is 40.1 Å². The average molecular weight is 300 g/mol. The molecule has 0 aromatic heterocycles. The van der Waals surface area contributed by atoms with Crippen molar-refractivity contribution in [3.63, 3.8) is 0 Å². The fourth-order valence-corrected chi connectivity index (χ4v) is 3.03. The lowest BCUT2D eigenvalue weighted by atomic mass is 10.0. The van der Waals surface area contributed by atoms with E-state index >= 15 is 0 Å². The summed E-state index contributed by atoms with van der Waals surface area (Å²) >= 11 is 1.71. The minimum Gasteiger partial charge on any atom is -0.379 e. The van der Waals surface area contributed by atoms with E-state index in [0.29, 0.717) is 0 Å². The van der Waals surface area contributed by atoms with E-state index in [1.54, 1.807) is 19.1 Å². The average Bonchev–Trinajstić information content (AvgIpc) is 2.50. The second-order valence-corrected chi connectivity index (χ2v) is 5.85. The number of rotatable bonds is 6. The number of hydrogen-bond acceptors (Lipinski definition) is 5. The molecule has 0 spiro atoms. The van der Waals surface area contributed by atoms with Crippen molar-refractivity contribution < 1.29 is 13.9 Å². The Labute approximate surface area is 123 Å². The summed E-state index contributed by atoms with van der Waals surface area (Å²) in [4.78, 5) is 1.15. The van der Waals surface area contributed by atoms with E-state index in [0.717, 1.165) is 36.8 Å². The smallest absolute Gasteiger partial charge is 0.107 e. The number of morpholine rings is 1. The molecular weight excluding hydrogens is 279 g/mol. The zero-order valence-electron chi connectivity index (χ0n) is 11.6. The molecule has 2 atom stereocenters. The van der Waals surface area contributed by atoms with E-state index in [2.05, 4.69) is 4.31 Å². The van der Waals surface area contributed by atoms with Crippen molar-refractivity contribution in [3.05, 3.63) is 29.8 Å². The van der Waals surface area contributed by atoms with Gasteiger partial charge in [0.2, 0.25) is 0 Å². The van der Waals surface area contributed by atoms with Crippen LogP contribution in [0.2, 0.25) is 0 Å². The van der Waals surface area contributed by atoms with E-state index in [9.17, 15) is 4.39 Å². The third-order valence-electron chi connectivity index (χ3n) is 3.23. The molecule has 4 nitrogen and oxygen atoms in total. The zero-order chi connectivity index (χ0) is 14.4. The zero-order valence-corrected chi connectivity index (χ0v) is 12.4. The molecule has 1 aliphatic heterocycles. The van der Waals surface area contributed by atoms with Crippen molar-refractivity contribution in [2.45, 2.75) is 17.0 Å². The van der Waals surface area contributed by atoms with Crippen molar-refractivity contribution >= 4 is 11.9 Å². The number of alkyl halides is 1. The van der Waals surface area contributed by atoms with Crippen molar-refractivity contribution in [2.24, 2.45) is 5.73 Å². The quantitative estimate of drug-likeness (QED) is 0.814. The molecule has 1 aromatic carbocycles. The topological polar surface area (TPSA) is 47.7 Å². The molecule has 1 saturated heterocycles. The van der Waals surface area contributed by atoms with Crippen LogP contribution in [0.4, 0.5) is 4.39 Å². The van der Waals surface area contributed by atoms with Gasteiger partial charge < -0.3 is 15.2 Å². The highest BCUT2D eigenvalue weighted by molar-refractivity contribution is 7.97. The van der Waals surface area contributed by atoms with Crippen molar-refractivity contribution in [3.8, 4) is 0 Å². The first-order valence-corrected chi connectivity index (χ1v) is 7.47. The maximum absolute atomic E-state index is 12.7. The Morgan fingerprint density at radius 1 is 1.35 bits per heavy atom. The van der Waals surface area contributed by atoms with Crippen LogP contribution < -0.4 is 5.73 Å². The van der Waals surface area contributed by atoms with Gasteiger partial charge in [-0.2, -0.15) is 0 Å². The summed E-state index contributed by atoms with van der Waals surface area (Å²) in [7, 11) is 1.55. The number of benzene rings is 1. The third kappa shape index (κ3) is 4.17. The Morgan fingerprint density at radius 3 is 2.55 bits per heavy atom. The molecule has 112 valence electrons. The van der Waals surface area contributed by atoms with E-state index in [-0.39, 0.29) is 0 Å². The van der Waals surface area contributed by atoms with Gasteiger partial charge in [-0.15, -0.1) is 0 Å². The number of hydrogen-bond donors (Lipinski definition) is 1. The standard InChI is InChI=1S/C14H21FN2O2S/c1-18-14(13(16)10-15)11-2-4-12(5-3-11)20-17-6-8-19-9-7-17/h2-5,13-14H,6-10,16H2,1H3. The van der Waals surface area contributed by atoms with Crippen LogP contribution in [0.25, 0.3) is 0 Å². The SMILES string of the molecule is COC(c1ccc(SN2CCOCC2)cc1)C(N)CF. The monoisotopic (exact) mass is 300 g/mol. The lowest BCUT2D eigenvalue weighted by molar-refractivity contribution is 0.0720. The first-order valence-electron chi connectivity index (χ1n) is 6.69. The minimum absolute atomic E-state index is 0.401. The van der Waals surface area contributed by atoms with Gasteiger partial charge in [0, 0.05) is 25.1 Å². The van der Waals surface area contributed by atoms with Gasteiger partial charge in [0.25, 0.3) is 0 Å². The first kappa shape index (κ1) is 15.7. The molecule has 1 aliphatic rings. The number of nitrogens with two attached hydrogens (primary N) is 1. The Hall–Kier alpha value is -0.660. The van der Waals surface area contributed by atoms with Gasteiger partial charge in [-0.05, 0) is 29.6 Å². The molecular formula is C14H21FN2O2S. The second-order valence-electron chi connectivity index (χ2n) is 4.68. The molecule has 0 saturated carbocycles. The summed E-state index contributed by atoms with van der Waals surface area (Å²) in [5.41, 5.74) is 6.63. The minimum atomic E-state index is -0.627. The molecule has 6 heteroatoms. The molecule has 2 rings (SSSR count). The van der Waals surface area contributed by atoms with Crippen LogP contribution in [0.1, 0.15) is 11.7 Å². The van der Waals surface area contributed by atoms with Gasteiger partial charge in [0.1, 0.15) is 6.67 Å². The van der Waals surface area contributed by atoms with Gasteiger partial charge in [0.15, 0.2) is 0 Å². The highest BCUT2D eigenvalue weighted by Crippen LogP contribution is 2.26. The van der Waals surface area contributed by atoms with Crippen LogP contribution >= 0.6 is 11.9 Å². The first-order chi connectivity index (χ1) is 9.74. The highest BCUT2D eigenvalue weighted by Gasteiger charge is 2.19. The van der Waals surface area contributed by atoms with Gasteiger partial charge in [0.05, 0.1) is 25.4 Å². The lowest BCUT2D eigenvalue weighted by Gasteiger charge is -2.25. The van der Waals surface area contributed by atoms with Gasteiger partial charge in [-0.1, -0.05) is 12.1 Å². The van der Waals surface area contributed by atoms with E-state index < -0.39 is 18.8 Å². The molecule has 2 unspecified atom stereocenters. The fraction of sp³-hybridized carbons (Fsp3) is 0.571.